The van der Waals surface area contributed by atoms with E-state index in [4.69, 9.17) is 26.4 Å². The Morgan fingerprint density at radius 1 is 1.36 bits per heavy atom. The van der Waals surface area contributed by atoms with Gasteiger partial charge in [0, 0.05) is 16.9 Å². The average molecular weight is 359 g/mol. The number of ether oxygens (including phenoxy) is 1. The highest BCUT2D eigenvalue weighted by molar-refractivity contribution is 6.30. The second-order valence-corrected chi connectivity index (χ2v) is 6.79. The molecule has 0 radical (unpaired) electrons. The lowest BCUT2D eigenvalue weighted by Crippen LogP contribution is -2.13. The van der Waals surface area contributed by atoms with E-state index in [-0.39, 0.29) is 5.92 Å². The summed E-state index contributed by atoms with van der Waals surface area (Å²) in [5.74, 6) is 3.04. The Balaban J connectivity index is 1.77. The summed E-state index contributed by atoms with van der Waals surface area (Å²) < 4.78 is 9.17. The first-order valence-electron chi connectivity index (χ1n) is 8.29. The van der Waals surface area contributed by atoms with Gasteiger partial charge in [-0.2, -0.15) is 10.2 Å². The number of halogens is 1. The van der Waals surface area contributed by atoms with E-state index in [1.807, 2.05) is 16.8 Å². The SMILES string of the molecule is COc1ccc(Cl)cc1-n1nc(C2CC2)nc1[C@H](C)Cn1cncn1. The van der Waals surface area contributed by atoms with Crippen LogP contribution in [0.25, 0.3) is 5.69 Å². The molecule has 0 saturated heterocycles. The Morgan fingerprint density at radius 2 is 2.20 bits per heavy atom. The molecule has 0 bridgehead atoms. The van der Waals surface area contributed by atoms with Crippen molar-refractivity contribution in [2.24, 2.45) is 0 Å². The Kier molecular flexibility index (Phi) is 4.17. The first kappa shape index (κ1) is 16.1. The minimum Gasteiger partial charge on any atom is -0.494 e. The molecule has 4 rings (SSSR count). The van der Waals surface area contributed by atoms with Crippen molar-refractivity contribution in [2.75, 3.05) is 7.11 Å². The van der Waals surface area contributed by atoms with Gasteiger partial charge in [0.15, 0.2) is 5.82 Å². The minimum atomic E-state index is 0.102. The lowest BCUT2D eigenvalue weighted by Gasteiger charge is -2.15. The maximum Gasteiger partial charge on any atom is 0.154 e. The fraction of sp³-hybridized carbons (Fsp3) is 0.412. The summed E-state index contributed by atoms with van der Waals surface area (Å²) in [5.41, 5.74) is 0.801. The summed E-state index contributed by atoms with van der Waals surface area (Å²) in [6, 6.07) is 5.51. The maximum atomic E-state index is 6.21. The molecule has 25 heavy (non-hydrogen) atoms. The Bertz CT molecular complexity index is 871. The van der Waals surface area contributed by atoms with E-state index in [9.17, 15) is 0 Å². The van der Waals surface area contributed by atoms with Crippen molar-refractivity contribution in [3.05, 3.63) is 47.5 Å². The summed E-state index contributed by atoms with van der Waals surface area (Å²) in [5, 5.41) is 9.59. The third kappa shape index (κ3) is 3.24. The van der Waals surface area contributed by atoms with Crippen molar-refractivity contribution >= 4 is 11.6 Å². The minimum absolute atomic E-state index is 0.102. The molecular formula is C17H19ClN6O. The molecular weight excluding hydrogens is 340 g/mol. The second-order valence-electron chi connectivity index (χ2n) is 6.35. The van der Waals surface area contributed by atoms with Crippen LogP contribution in [0.15, 0.2) is 30.9 Å². The molecule has 8 heteroatoms. The van der Waals surface area contributed by atoms with E-state index in [2.05, 4.69) is 17.0 Å². The van der Waals surface area contributed by atoms with Gasteiger partial charge in [0.25, 0.3) is 0 Å². The molecule has 130 valence electrons. The van der Waals surface area contributed by atoms with Crippen LogP contribution in [0.5, 0.6) is 5.75 Å². The molecule has 0 aliphatic heterocycles. The number of rotatable bonds is 6. The monoisotopic (exact) mass is 358 g/mol. The molecule has 1 atom stereocenters. The fourth-order valence-corrected chi connectivity index (χ4v) is 3.04. The van der Waals surface area contributed by atoms with Gasteiger partial charge >= 0.3 is 0 Å². The predicted molar refractivity (Wildman–Crippen MR) is 93.3 cm³/mol. The van der Waals surface area contributed by atoms with E-state index in [1.54, 1.807) is 24.2 Å². The van der Waals surface area contributed by atoms with E-state index in [0.29, 0.717) is 23.2 Å². The Labute approximate surface area is 150 Å². The lowest BCUT2D eigenvalue weighted by atomic mass is 10.1. The van der Waals surface area contributed by atoms with Crippen molar-refractivity contribution < 1.29 is 4.74 Å². The molecule has 2 heterocycles. The molecule has 0 N–H and O–H groups in total. The Hall–Kier alpha value is -2.41. The normalized spacial score (nSPS) is 15.3. The van der Waals surface area contributed by atoms with Gasteiger partial charge in [-0.15, -0.1) is 0 Å². The quantitative estimate of drug-likeness (QED) is 0.676. The molecule has 1 aliphatic carbocycles. The number of hydrogen-bond acceptors (Lipinski definition) is 5. The van der Waals surface area contributed by atoms with Gasteiger partial charge < -0.3 is 4.74 Å². The Morgan fingerprint density at radius 3 is 2.88 bits per heavy atom. The molecule has 1 aromatic carbocycles. The third-order valence-corrected chi connectivity index (χ3v) is 4.56. The maximum absolute atomic E-state index is 6.21. The zero-order valence-electron chi connectivity index (χ0n) is 14.1. The van der Waals surface area contributed by atoms with Crippen LogP contribution in [-0.4, -0.2) is 36.6 Å². The van der Waals surface area contributed by atoms with Crippen LogP contribution in [0.4, 0.5) is 0 Å². The topological polar surface area (TPSA) is 70.7 Å². The van der Waals surface area contributed by atoms with E-state index >= 15 is 0 Å². The fourth-order valence-electron chi connectivity index (χ4n) is 2.87. The molecule has 0 amide bonds. The van der Waals surface area contributed by atoms with Gasteiger partial charge in [0.1, 0.15) is 29.9 Å². The molecule has 3 aromatic rings. The van der Waals surface area contributed by atoms with Crippen LogP contribution in [0.3, 0.4) is 0 Å². The van der Waals surface area contributed by atoms with Crippen LogP contribution in [-0.2, 0) is 6.54 Å². The molecule has 1 aliphatic rings. The predicted octanol–water partition coefficient (Wildman–Crippen LogP) is 3.20. The van der Waals surface area contributed by atoms with E-state index in [1.165, 1.54) is 6.33 Å². The number of aromatic nitrogens is 6. The van der Waals surface area contributed by atoms with Gasteiger partial charge in [-0.3, -0.25) is 4.68 Å². The first-order chi connectivity index (χ1) is 12.2. The number of benzene rings is 1. The van der Waals surface area contributed by atoms with Gasteiger partial charge in [-0.1, -0.05) is 18.5 Å². The smallest absolute Gasteiger partial charge is 0.154 e. The average Bonchev–Trinajstić information content (AvgIpc) is 3.16. The van der Waals surface area contributed by atoms with Gasteiger partial charge in [0.2, 0.25) is 0 Å². The van der Waals surface area contributed by atoms with Gasteiger partial charge in [-0.05, 0) is 31.0 Å². The van der Waals surface area contributed by atoms with Crippen molar-refractivity contribution in [3.63, 3.8) is 0 Å². The van der Waals surface area contributed by atoms with E-state index < -0.39 is 0 Å². The van der Waals surface area contributed by atoms with Crippen molar-refractivity contribution in [1.82, 2.24) is 29.5 Å². The molecule has 0 unspecified atom stereocenters. The third-order valence-electron chi connectivity index (χ3n) is 4.33. The van der Waals surface area contributed by atoms with Gasteiger partial charge in [0.05, 0.1) is 13.7 Å². The first-order valence-corrected chi connectivity index (χ1v) is 8.66. The second kappa shape index (κ2) is 6.48. The highest BCUT2D eigenvalue weighted by Crippen LogP contribution is 2.39. The number of hydrogen-bond donors (Lipinski definition) is 0. The zero-order valence-corrected chi connectivity index (χ0v) is 14.9. The number of nitrogens with zero attached hydrogens (tertiary/aromatic N) is 6. The summed E-state index contributed by atoms with van der Waals surface area (Å²) in [6.45, 7) is 2.78. The molecule has 7 nitrogen and oxygen atoms in total. The van der Waals surface area contributed by atoms with E-state index in [0.717, 1.165) is 30.2 Å². The van der Waals surface area contributed by atoms with Crippen molar-refractivity contribution in [3.8, 4) is 11.4 Å². The molecule has 1 saturated carbocycles. The summed E-state index contributed by atoms with van der Waals surface area (Å²) in [6.07, 6.45) is 5.53. The lowest BCUT2D eigenvalue weighted by molar-refractivity contribution is 0.410. The summed E-state index contributed by atoms with van der Waals surface area (Å²) >= 11 is 6.21. The van der Waals surface area contributed by atoms with Crippen molar-refractivity contribution in [2.45, 2.75) is 38.1 Å². The largest absolute Gasteiger partial charge is 0.494 e. The molecule has 0 spiro atoms. The van der Waals surface area contributed by atoms with Crippen molar-refractivity contribution in [1.29, 1.82) is 0 Å². The number of methoxy groups -OCH3 is 1. The van der Waals surface area contributed by atoms with Crippen LogP contribution >= 0.6 is 11.6 Å². The zero-order chi connectivity index (χ0) is 17.4. The van der Waals surface area contributed by atoms with Crippen LogP contribution in [0.1, 0.15) is 43.3 Å². The summed E-state index contributed by atoms with van der Waals surface area (Å²) in [4.78, 5) is 8.83. The summed E-state index contributed by atoms with van der Waals surface area (Å²) in [7, 11) is 1.64. The van der Waals surface area contributed by atoms with Crippen LogP contribution in [0.2, 0.25) is 5.02 Å². The van der Waals surface area contributed by atoms with Gasteiger partial charge in [-0.25, -0.2) is 14.6 Å². The van der Waals surface area contributed by atoms with Crippen LogP contribution < -0.4 is 4.74 Å². The molecule has 1 fully saturated rings. The molecule has 2 aromatic heterocycles. The highest BCUT2D eigenvalue weighted by atomic mass is 35.5. The van der Waals surface area contributed by atoms with Crippen LogP contribution in [0, 0.1) is 0 Å². The standard InChI is InChI=1S/C17H19ClN6O/c1-11(8-23-10-19-9-20-23)17-21-16(12-3-4-12)22-24(17)14-7-13(18)5-6-15(14)25-2/h5-7,9-12H,3-4,8H2,1-2H3/t11-/m1/s1. The highest BCUT2D eigenvalue weighted by Gasteiger charge is 2.31.